The summed E-state index contributed by atoms with van der Waals surface area (Å²) >= 11 is 0. The summed E-state index contributed by atoms with van der Waals surface area (Å²) in [6, 6.07) is 7.86. The molecule has 2 aromatic rings. The highest BCUT2D eigenvalue weighted by Gasteiger charge is 2.30. The molecule has 1 aromatic heterocycles. The van der Waals surface area contributed by atoms with E-state index in [4.69, 9.17) is 9.52 Å². The van der Waals surface area contributed by atoms with Crippen molar-refractivity contribution in [3.05, 3.63) is 52.5 Å². The van der Waals surface area contributed by atoms with E-state index in [2.05, 4.69) is 5.32 Å². The molecule has 2 heterocycles. The van der Waals surface area contributed by atoms with E-state index >= 15 is 0 Å². The number of hydrogen-bond acceptors (Lipinski definition) is 6. The molecule has 0 atom stereocenters. The van der Waals surface area contributed by atoms with Crippen molar-refractivity contribution in [2.45, 2.75) is 0 Å². The molecule has 2 amide bonds. The highest BCUT2D eigenvalue weighted by molar-refractivity contribution is 6.17. The first-order valence-electron chi connectivity index (χ1n) is 6.58. The smallest absolute Gasteiger partial charge is 0.336 e. The molecule has 3 rings (SSSR count). The minimum absolute atomic E-state index is 0.0395. The standard InChI is InChI=1S/C15H12N2O5/c18-6-5-17-13(19)8-11(15(17)21)16-10-2-3-12-9(7-10)1-4-14(20)22-12/h1-4,7-8,16,18H,5-6H2. The molecule has 2 N–H and O–H groups in total. The van der Waals surface area contributed by atoms with E-state index in [1.54, 1.807) is 24.3 Å². The summed E-state index contributed by atoms with van der Waals surface area (Å²) in [6.07, 6.45) is 1.19. The minimum Gasteiger partial charge on any atom is -0.423 e. The third kappa shape index (κ3) is 2.49. The Hall–Kier alpha value is -2.93. The number of aliphatic hydroxyl groups is 1. The summed E-state index contributed by atoms with van der Waals surface area (Å²) in [4.78, 5) is 35.8. The van der Waals surface area contributed by atoms with Gasteiger partial charge in [0.15, 0.2) is 0 Å². The maximum atomic E-state index is 12.0. The second-order valence-electron chi connectivity index (χ2n) is 4.71. The van der Waals surface area contributed by atoms with Gasteiger partial charge in [0, 0.05) is 23.2 Å². The van der Waals surface area contributed by atoms with Gasteiger partial charge < -0.3 is 14.8 Å². The van der Waals surface area contributed by atoms with E-state index in [-0.39, 0.29) is 18.8 Å². The van der Waals surface area contributed by atoms with Gasteiger partial charge in [-0.3, -0.25) is 14.5 Å². The fourth-order valence-electron chi connectivity index (χ4n) is 2.22. The van der Waals surface area contributed by atoms with Gasteiger partial charge in [0.1, 0.15) is 11.3 Å². The number of aliphatic hydroxyl groups excluding tert-OH is 1. The summed E-state index contributed by atoms with van der Waals surface area (Å²) in [5, 5.41) is 12.4. The van der Waals surface area contributed by atoms with Crippen LogP contribution in [-0.2, 0) is 9.59 Å². The lowest BCUT2D eigenvalue weighted by atomic mass is 10.2. The number of imide groups is 1. The van der Waals surface area contributed by atoms with E-state index in [0.717, 1.165) is 4.90 Å². The zero-order valence-corrected chi connectivity index (χ0v) is 11.4. The molecule has 22 heavy (non-hydrogen) atoms. The number of nitrogens with zero attached hydrogens (tertiary/aromatic N) is 1. The van der Waals surface area contributed by atoms with Gasteiger partial charge in [0.05, 0.1) is 13.2 Å². The van der Waals surface area contributed by atoms with E-state index in [1.807, 2.05) is 0 Å². The third-order valence-corrected chi connectivity index (χ3v) is 3.23. The predicted octanol–water partition coefficient (Wildman–Crippen LogP) is 0.450. The Kier molecular flexibility index (Phi) is 3.48. The van der Waals surface area contributed by atoms with Crippen LogP contribution in [0.15, 0.2) is 51.3 Å². The van der Waals surface area contributed by atoms with Crippen molar-refractivity contribution in [3.63, 3.8) is 0 Å². The monoisotopic (exact) mass is 300 g/mol. The van der Waals surface area contributed by atoms with Gasteiger partial charge in [-0.15, -0.1) is 0 Å². The normalized spacial score (nSPS) is 14.6. The van der Waals surface area contributed by atoms with Crippen LogP contribution >= 0.6 is 0 Å². The lowest BCUT2D eigenvalue weighted by Gasteiger charge is -2.13. The van der Waals surface area contributed by atoms with Crippen molar-refractivity contribution in [1.82, 2.24) is 4.90 Å². The second-order valence-corrected chi connectivity index (χ2v) is 4.71. The average Bonchev–Trinajstić information content (AvgIpc) is 2.75. The van der Waals surface area contributed by atoms with Crippen molar-refractivity contribution >= 4 is 28.5 Å². The molecule has 0 spiro atoms. The van der Waals surface area contributed by atoms with Crippen LogP contribution < -0.4 is 10.9 Å². The number of nitrogens with one attached hydrogen (secondary N) is 1. The second kappa shape index (κ2) is 5.45. The molecule has 0 saturated heterocycles. The van der Waals surface area contributed by atoms with Gasteiger partial charge in [0.2, 0.25) is 0 Å². The van der Waals surface area contributed by atoms with E-state index in [0.29, 0.717) is 16.7 Å². The Bertz CT molecular complexity index is 852. The molecular weight excluding hydrogens is 288 g/mol. The summed E-state index contributed by atoms with van der Waals surface area (Å²) in [5.41, 5.74) is 0.713. The lowest BCUT2D eigenvalue weighted by Crippen LogP contribution is -2.34. The Balaban J connectivity index is 1.86. The average molecular weight is 300 g/mol. The van der Waals surface area contributed by atoms with Gasteiger partial charge >= 0.3 is 5.63 Å². The number of rotatable bonds is 4. The number of benzene rings is 1. The lowest BCUT2D eigenvalue weighted by molar-refractivity contribution is -0.137. The zero-order valence-electron chi connectivity index (χ0n) is 11.4. The molecule has 0 saturated carbocycles. The molecule has 0 unspecified atom stereocenters. The first kappa shape index (κ1) is 14.0. The number of amides is 2. The molecule has 1 aromatic carbocycles. The van der Waals surface area contributed by atoms with Crippen LogP contribution in [0.5, 0.6) is 0 Å². The van der Waals surface area contributed by atoms with Gasteiger partial charge in [-0.25, -0.2) is 4.79 Å². The Morgan fingerprint density at radius 3 is 2.73 bits per heavy atom. The molecular formula is C15H12N2O5. The summed E-state index contributed by atoms with van der Waals surface area (Å²) < 4.78 is 5.02. The highest BCUT2D eigenvalue weighted by Crippen LogP contribution is 2.21. The van der Waals surface area contributed by atoms with Crippen LogP contribution in [0.4, 0.5) is 5.69 Å². The quantitative estimate of drug-likeness (QED) is 0.628. The minimum atomic E-state index is -0.487. The predicted molar refractivity (Wildman–Crippen MR) is 78.0 cm³/mol. The Morgan fingerprint density at radius 2 is 1.95 bits per heavy atom. The first-order valence-corrected chi connectivity index (χ1v) is 6.58. The van der Waals surface area contributed by atoms with E-state index in [9.17, 15) is 14.4 Å². The van der Waals surface area contributed by atoms with Gasteiger partial charge in [0.25, 0.3) is 11.8 Å². The van der Waals surface area contributed by atoms with Crippen LogP contribution in [0.2, 0.25) is 0 Å². The summed E-state index contributed by atoms with van der Waals surface area (Å²) in [5.74, 6) is -0.952. The number of fused-ring (bicyclic) bond motifs is 1. The van der Waals surface area contributed by atoms with E-state index < -0.39 is 17.4 Å². The van der Waals surface area contributed by atoms with Crippen LogP contribution in [0.3, 0.4) is 0 Å². The fourth-order valence-corrected chi connectivity index (χ4v) is 2.22. The summed E-state index contributed by atoms with van der Waals surface area (Å²) in [6.45, 7) is -0.324. The number of anilines is 1. The molecule has 7 nitrogen and oxygen atoms in total. The number of hydrogen-bond donors (Lipinski definition) is 2. The number of β-amino-alcohol motifs (C(OH)–C–C–N with tert-alkyl or cyclic N) is 1. The van der Waals surface area contributed by atoms with Gasteiger partial charge in [-0.05, 0) is 24.3 Å². The zero-order chi connectivity index (χ0) is 15.7. The topological polar surface area (TPSA) is 99.8 Å². The summed E-state index contributed by atoms with van der Waals surface area (Å²) in [7, 11) is 0. The van der Waals surface area contributed by atoms with E-state index in [1.165, 1.54) is 12.1 Å². The molecule has 0 aliphatic carbocycles. The van der Waals surface area contributed by atoms with Gasteiger partial charge in [-0.2, -0.15) is 0 Å². The third-order valence-electron chi connectivity index (χ3n) is 3.23. The molecule has 0 fully saturated rings. The van der Waals surface area contributed by atoms with Crippen molar-refractivity contribution in [1.29, 1.82) is 0 Å². The SMILES string of the molecule is O=C1C=C(Nc2ccc3oc(=O)ccc3c2)C(=O)N1CCO. The first-order chi connectivity index (χ1) is 10.6. The van der Waals surface area contributed by atoms with Crippen molar-refractivity contribution in [2.75, 3.05) is 18.5 Å². The molecule has 0 radical (unpaired) electrons. The molecule has 0 bridgehead atoms. The van der Waals surface area contributed by atoms with Crippen LogP contribution in [0.1, 0.15) is 0 Å². The number of carbonyl (C=O) groups excluding carboxylic acids is 2. The van der Waals surface area contributed by atoms with Crippen LogP contribution in [-0.4, -0.2) is 35.0 Å². The Labute approximate surface area is 124 Å². The maximum Gasteiger partial charge on any atom is 0.336 e. The molecule has 1 aliphatic heterocycles. The van der Waals surface area contributed by atoms with Crippen molar-refractivity contribution in [3.8, 4) is 0 Å². The maximum absolute atomic E-state index is 12.0. The largest absolute Gasteiger partial charge is 0.423 e. The Morgan fingerprint density at radius 1 is 1.14 bits per heavy atom. The van der Waals surface area contributed by atoms with Crippen LogP contribution in [0.25, 0.3) is 11.0 Å². The van der Waals surface area contributed by atoms with Gasteiger partial charge in [-0.1, -0.05) is 0 Å². The molecule has 1 aliphatic rings. The van der Waals surface area contributed by atoms with Crippen molar-refractivity contribution < 1.29 is 19.1 Å². The molecule has 112 valence electrons. The van der Waals surface area contributed by atoms with Crippen LogP contribution in [0, 0.1) is 0 Å². The van der Waals surface area contributed by atoms with Crippen molar-refractivity contribution in [2.24, 2.45) is 0 Å². The molecule has 7 heteroatoms. The highest BCUT2D eigenvalue weighted by atomic mass is 16.4. The fraction of sp³-hybridized carbons (Fsp3) is 0.133. The number of carbonyl (C=O) groups is 2.